The van der Waals surface area contributed by atoms with Crippen molar-refractivity contribution in [1.82, 2.24) is 0 Å². The smallest absolute Gasteiger partial charge is 0.337 e. The van der Waals surface area contributed by atoms with E-state index in [-0.39, 0.29) is 5.97 Å². The Morgan fingerprint density at radius 2 is 1.74 bits per heavy atom. The first-order chi connectivity index (χ1) is 9.19. The highest BCUT2D eigenvalue weighted by molar-refractivity contribution is 5.89. The Kier molecular flexibility index (Phi) is 3.84. The highest BCUT2D eigenvalue weighted by Crippen LogP contribution is 2.07. The number of carbonyl (C=O) groups is 1. The fraction of sp³-hybridized carbons (Fsp3) is 0.0625. The molecule has 0 saturated carbocycles. The average molecular weight is 251 g/mol. The molecule has 0 aliphatic rings. The third-order valence-corrected chi connectivity index (χ3v) is 2.54. The fourth-order valence-corrected chi connectivity index (χ4v) is 1.57. The number of esters is 1. The van der Waals surface area contributed by atoms with E-state index in [1.54, 1.807) is 24.3 Å². The van der Waals surface area contributed by atoms with E-state index in [0.717, 1.165) is 11.1 Å². The van der Waals surface area contributed by atoms with Gasteiger partial charge in [0.1, 0.15) is 0 Å². The number of rotatable bonds is 1. The lowest BCUT2D eigenvalue weighted by Crippen LogP contribution is -2.00. The van der Waals surface area contributed by atoms with Crippen molar-refractivity contribution < 1.29 is 9.53 Å². The van der Waals surface area contributed by atoms with Crippen molar-refractivity contribution in [3.05, 3.63) is 65.2 Å². The Morgan fingerprint density at radius 1 is 1.05 bits per heavy atom. The maximum Gasteiger partial charge on any atom is 0.337 e. The lowest BCUT2D eigenvalue weighted by molar-refractivity contribution is 0.0601. The van der Waals surface area contributed by atoms with Crippen LogP contribution in [-0.2, 0) is 4.74 Å². The second-order valence-corrected chi connectivity index (χ2v) is 3.94. The summed E-state index contributed by atoms with van der Waals surface area (Å²) in [6.45, 7) is 0. The van der Waals surface area contributed by atoms with Gasteiger partial charge in [0.05, 0.1) is 12.7 Å². The Balaban J connectivity index is 2.19. The van der Waals surface area contributed by atoms with Gasteiger partial charge in [0.25, 0.3) is 0 Å². The van der Waals surface area contributed by atoms with Gasteiger partial charge in [-0.05, 0) is 42.5 Å². The average Bonchev–Trinajstić information content (AvgIpc) is 2.45. The number of anilines is 1. The van der Waals surface area contributed by atoms with Gasteiger partial charge in [-0.15, -0.1) is 0 Å². The van der Waals surface area contributed by atoms with E-state index in [0.29, 0.717) is 11.3 Å². The minimum atomic E-state index is -0.352. The Labute approximate surface area is 112 Å². The molecule has 3 heteroatoms. The molecule has 2 N–H and O–H groups in total. The molecular formula is C16H13NO2. The third kappa shape index (κ3) is 3.36. The number of nitrogen functional groups attached to an aromatic ring is 1. The largest absolute Gasteiger partial charge is 0.465 e. The zero-order valence-corrected chi connectivity index (χ0v) is 10.5. The Bertz CT molecular complexity index is 648. The summed E-state index contributed by atoms with van der Waals surface area (Å²) in [6, 6.07) is 14.3. The Morgan fingerprint density at radius 3 is 2.37 bits per heavy atom. The van der Waals surface area contributed by atoms with Gasteiger partial charge in [0, 0.05) is 16.8 Å². The maximum absolute atomic E-state index is 11.3. The van der Waals surface area contributed by atoms with Gasteiger partial charge >= 0.3 is 5.97 Å². The quantitative estimate of drug-likeness (QED) is 0.481. The lowest BCUT2D eigenvalue weighted by atomic mass is 10.1. The topological polar surface area (TPSA) is 52.3 Å². The molecule has 2 aromatic carbocycles. The van der Waals surface area contributed by atoms with Crippen LogP contribution >= 0.6 is 0 Å². The van der Waals surface area contributed by atoms with Gasteiger partial charge in [-0.2, -0.15) is 0 Å². The molecule has 0 atom stereocenters. The number of benzene rings is 2. The summed E-state index contributed by atoms with van der Waals surface area (Å²) >= 11 is 0. The van der Waals surface area contributed by atoms with Gasteiger partial charge in [0.15, 0.2) is 0 Å². The zero-order chi connectivity index (χ0) is 13.7. The standard InChI is InChI=1S/C16H13NO2/c1-19-16(18)14-9-7-12(8-10-14)5-6-13-3-2-4-15(17)11-13/h2-4,7-11H,17H2,1H3. The van der Waals surface area contributed by atoms with Crippen LogP contribution in [0.25, 0.3) is 0 Å². The third-order valence-electron chi connectivity index (χ3n) is 2.54. The van der Waals surface area contributed by atoms with Gasteiger partial charge in [-0.25, -0.2) is 4.79 Å². The lowest BCUT2D eigenvalue weighted by Gasteiger charge is -1.98. The first-order valence-electron chi connectivity index (χ1n) is 5.75. The van der Waals surface area contributed by atoms with Crippen molar-refractivity contribution in [1.29, 1.82) is 0 Å². The van der Waals surface area contributed by atoms with Crippen LogP contribution in [0.2, 0.25) is 0 Å². The molecule has 0 fully saturated rings. The highest BCUT2D eigenvalue weighted by atomic mass is 16.5. The van der Waals surface area contributed by atoms with Crippen LogP contribution in [0.15, 0.2) is 48.5 Å². The molecule has 2 rings (SSSR count). The minimum absolute atomic E-state index is 0.352. The molecule has 3 nitrogen and oxygen atoms in total. The molecule has 0 saturated heterocycles. The molecule has 0 radical (unpaired) electrons. The van der Waals surface area contributed by atoms with E-state index in [1.807, 2.05) is 24.3 Å². The summed E-state index contributed by atoms with van der Waals surface area (Å²) in [5.41, 5.74) is 8.56. The van der Waals surface area contributed by atoms with Crippen LogP contribution in [0.3, 0.4) is 0 Å². The molecule has 19 heavy (non-hydrogen) atoms. The highest BCUT2D eigenvalue weighted by Gasteiger charge is 2.02. The zero-order valence-electron chi connectivity index (χ0n) is 10.5. The van der Waals surface area contributed by atoms with Crippen molar-refractivity contribution in [2.75, 3.05) is 12.8 Å². The number of hydrogen-bond donors (Lipinski definition) is 1. The molecule has 0 aromatic heterocycles. The van der Waals surface area contributed by atoms with E-state index >= 15 is 0 Å². The normalized spacial score (nSPS) is 9.32. The van der Waals surface area contributed by atoms with Crippen molar-refractivity contribution in [2.45, 2.75) is 0 Å². The second kappa shape index (κ2) is 5.74. The van der Waals surface area contributed by atoms with Crippen LogP contribution in [0.4, 0.5) is 5.69 Å². The van der Waals surface area contributed by atoms with Gasteiger partial charge in [0.2, 0.25) is 0 Å². The summed E-state index contributed by atoms with van der Waals surface area (Å²) in [6.07, 6.45) is 0. The van der Waals surface area contributed by atoms with Crippen LogP contribution in [0, 0.1) is 11.8 Å². The summed E-state index contributed by atoms with van der Waals surface area (Å²) in [7, 11) is 1.36. The number of hydrogen-bond acceptors (Lipinski definition) is 3. The molecule has 94 valence electrons. The van der Waals surface area contributed by atoms with Gasteiger partial charge in [-0.3, -0.25) is 0 Å². The Hall–Kier alpha value is -2.73. The first-order valence-corrected chi connectivity index (χ1v) is 5.75. The first kappa shape index (κ1) is 12.7. The molecule has 0 amide bonds. The van der Waals surface area contributed by atoms with Crippen molar-refractivity contribution in [2.24, 2.45) is 0 Å². The molecule has 0 bridgehead atoms. The van der Waals surface area contributed by atoms with Crippen molar-refractivity contribution >= 4 is 11.7 Å². The molecule has 0 unspecified atom stereocenters. The number of ether oxygens (including phenoxy) is 1. The van der Waals surface area contributed by atoms with Gasteiger partial charge < -0.3 is 10.5 Å². The number of methoxy groups -OCH3 is 1. The van der Waals surface area contributed by atoms with Crippen LogP contribution in [-0.4, -0.2) is 13.1 Å². The molecule has 0 heterocycles. The number of carbonyl (C=O) groups excluding carboxylic acids is 1. The summed E-state index contributed by atoms with van der Waals surface area (Å²) in [4.78, 5) is 11.3. The van der Waals surface area contributed by atoms with E-state index in [1.165, 1.54) is 7.11 Å². The predicted octanol–water partition coefficient (Wildman–Crippen LogP) is 2.46. The van der Waals surface area contributed by atoms with Crippen LogP contribution in [0.1, 0.15) is 21.5 Å². The second-order valence-electron chi connectivity index (χ2n) is 3.94. The fourth-order valence-electron chi connectivity index (χ4n) is 1.57. The maximum atomic E-state index is 11.3. The van der Waals surface area contributed by atoms with E-state index in [9.17, 15) is 4.79 Å². The molecule has 0 aliphatic carbocycles. The molecule has 0 spiro atoms. The SMILES string of the molecule is COC(=O)c1ccc(C#Cc2cccc(N)c2)cc1. The van der Waals surface area contributed by atoms with E-state index in [2.05, 4.69) is 16.6 Å². The molecular weight excluding hydrogens is 238 g/mol. The van der Waals surface area contributed by atoms with Crippen molar-refractivity contribution in [3.63, 3.8) is 0 Å². The summed E-state index contributed by atoms with van der Waals surface area (Å²) in [5.74, 6) is 5.68. The summed E-state index contributed by atoms with van der Waals surface area (Å²) < 4.78 is 4.63. The number of nitrogens with two attached hydrogens (primary N) is 1. The van der Waals surface area contributed by atoms with Gasteiger partial charge in [-0.1, -0.05) is 17.9 Å². The predicted molar refractivity (Wildman–Crippen MR) is 74.6 cm³/mol. The van der Waals surface area contributed by atoms with Crippen LogP contribution < -0.4 is 5.73 Å². The summed E-state index contributed by atoms with van der Waals surface area (Å²) in [5, 5.41) is 0. The van der Waals surface area contributed by atoms with E-state index in [4.69, 9.17) is 5.73 Å². The molecule has 2 aromatic rings. The minimum Gasteiger partial charge on any atom is -0.465 e. The van der Waals surface area contributed by atoms with Crippen LogP contribution in [0.5, 0.6) is 0 Å². The van der Waals surface area contributed by atoms with E-state index < -0.39 is 0 Å². The molecule has 0 aliphatic heterocycles. The van der Waals surface area contributed by atoms with Crippen molar-refractivity contribution in [3.8, 4) is 11.8 Å². The monoisotopic (exact) mass is 251 g/mol.